The summed E-state index contributed by atoms with van der Waals surface area (Å²) in [6.45, 7) is 0. The predicted octanol–water partition coefficient (Wildman–Crippen LogP) is 1.00. The van der Waals surface area contributed by atoms with E-state index in [1.165, 1.54) is 0 Å². The van der Waals surface area contributed by atoms with Gasteiger partial charge in [-0.1, -0.05) is 23.7 Å². The minimum absolute atomic E-state index is 0.0437. The van der Waals surface area contributed by atoms with E-state index in [1.54, 1.807) is 24.3 Å². The maximum absolute atomic E-state index is 11.5. The fourth-order valence-electron chi connectivity index (χ4n) is 1.10. The quantitative estimate of drug-likeness (QED) is 0.829. The average molecular weight is 262 g/mol. The van der Waals surface area contributed by atoms with Crippen molar-refractivity contribution in [1.82, 2.24) is 0 Å². The van der Waals surface area contributed by atoms with Gasteiger partial charge in [0.15, 0.2) is 0 Å². The number of hydrogen-bond donors (Lipinski definition) is 2. The summed E-state index contributed by atoms with van der Waals surface area (Å²) in [5.41, 5.74) is 6.13. The van der Waals surface area contributed by atoms with Gasteiger partial charge < -0.3 is 10.8 Å². The number of hydrogen-bond acceptors (Lipinski definition) is 3. The van der Waals surface area contributed by atoms with Crippen molar-refractivity contribution in [2.45, 2.75) is 11.8 Å². The van der Waals surface area contributed by atoms with Crippen LogP contribution in [0, 0.1) is 0 Å². The Bertz CT molecular complexity index is 394. The second-order valence-electron chi connectivity index (χ2n) is 3.32. The number of nitrogens with two attached hydrogens (primary N) is 1. The van der Waals surface area contributed by atoms with Gasteiger partial charge in [-0.25, -0.2) is 0 Å². The van der Waals surface area contributed by atoms with Gasteiger partial charge in [-0.15, -0.1) is 0 Å². The highest BCUT2D eigenvalue weighted by Gasteiger charge is 2.15. The van der Waals surface area contributed by atoms with Gasteiger partial charge in [0, 0.05) is 27.3 Å². The molecule has 0 saturated heterocycles. The Balaban J connectivity index is 2.52. The lowest BCUT2D eigenvalue weighted by molar-refractivity contribution is -0.137. The van der Waals surface area contributed by atoms with E-state index in [-0.39, 0.29) is 11.5 Å². The first kappa shape index (κ1) is 13.2. The van der Waals surface area contributed by atoms with Gasteiger partial charge in [-0.3, -0.25) is 9.00 Å². The van der Waals surface area contributed by atoms with Crippen LogP contribution in [0.1, 0.15) is 5.56 Å². The molecular weight excluding hydrogens is 250 g/mol. The highest BCUT2D eigenvalue weighted by molar-refractivity contribution is 7.84. The molecular formula is C10H12ClNO3S. The summed E-state index contributed by atoms with van der Waals surface area (Å²) in [5, 5.41) is 9.16. The predicted molar refractivity (Wildman–Crippen MR) is 63.8 cm³/mol. The Labute approximate surface area is 101 Å². The first-order chi connectivity index (χ1) is 7.49. The van der Waals surface area contributed by atoms with Crippen LogP contribution in [0.4, 0.5) is 0 Å². The molecule has 0 aliphatic heterocycles. The third-order valence-electron chi connectivity index (χ3n) is 1.92. The largest absolute Gasteiger partial charge is 0.480 e. The molecule has 88 valence electrons. The molecule has 3 N–H and O–H groups in total. The van der Waals surface area contributed by atoms with Gasteiger partial charge in [0.25, 0.3) is 0 Å². The fraction of sp³-hybridized carbons (Fsp3) is 0.300. The Morgan fingerprint density at radius 1 is 1.44 bits per heavy atom. The Morgan fingerprint density at radius 2 is 2.00 bits per heavy atom. The highest BCUT2D eigenvalue weighted by atomic mass is 35.5. The van der Waals surface area contributed by atoms with E-state index in [4.69, 9.17) is 22.4 Å². The molecule has 2 atom stereocenters. The van der Waals surface area contributed by atoms with Gasteiger partial charge in [-0.2, -0.15) is 0 Å². The molecule has 2 unspecified atom stereocenters. The molecule has 6 heteroatoms. The van der Waals surface area contributed by atoms with Gasteiger partial charge in [0.05, 0.1) is 0 Å². The Kier molecular flexibility index (Phi) is 4.92. The van der Waals surface area contributed by atoms with Crippen molar-refractivity contribution < 1.29 is 14.1 Å². The molecule has 0 heterocycles. The van der Waals surface area contributed by atoms with Crippen LogP contribution < -0.4 is 5.73 Å². The molecule has 0 saturated carbocycles. The van der Waals surface area contributed by atoms with Crippen molar-refractivity contribution >= 4 is 28.4 Å². The second-order valence-corrected chi connectivity index (χ2v) is 5.26. The molecule has 0 spiro atoms. The Morgan fingerprint density at radius 3 is 2.50 bits per heavy atom. The fourth-order valence-corrected chi connectivity index (χ4v) is 2.45. The summed E-state index contributed by atoms with van der Waals surface area (Å²) < 4.78 is 11.5. The van der Waals surface area contributed by atoms with Crippen LogP contribution in [0.2, 0.25) is 5.02 Å². The number of aliphatic carboxylic acids is 1. The summed E-state index contributed by atoms with van der Waals surface area (Å²) in [5.74, 6) is -0.889. The minimum Gasteiger partial charge on any atom is -0.480 e. The molecule has 0 aliphatic carbocycles. The van der Waals surface area contributed by atoms with E-state index < -0.39 is 22.8 Å². The lowest BCUT2D eigenvalue weighted by atomic mass is 10.2. The van der Waals surface area contributed by atoms with E-state index in [1.807, 2.05) is 0 Å². The number of carboxylic acids is 1. The third kappa shape index (κ3) is 4.30. The molecule has 0 amide bonds. The van der Waals surface area contributed by atoms with Crippen molar-refractivity contribution in [3.8, 4) is 0 Å². The van der Waals surface area contributed by atoms with Crippen LogP contribution in [0.5, 0.6) is 0 Å². The molecule has 0 aromatic heterocycles. The van der Waals surface area contributed by atoms with Crippen LogP contribution in [0.25, 0.3) is 0 Å². The molecule has 0 bridgehead atoms. The summed E-state index contributed by atoms with van der Waals surface area (Å²) in [6.07, 6.45) is 0. The Hall–Kier alpha value is -0.910. The monoisotopic (exact) mass is 261 g/mol. The molecule has 0 radical (unpaired) electrons. The highest BCUT2D eigenvalue weighted by Crippen LogP contribution is 2.11. The van der Waals surface area contributed by atoms with Gasteiger partial charge in [0.2, 0.25) is 0 Å². The maximum atomic E-state index is 11.5. The van der Waals surface area contributed by atoms with Crippen molar-refractivity contribution in [3.05, 3.63) is 34.9 Å². The lowest BCUT2D eigenvalue weighted by Crippen LogP contribution is -2.35. The van der Waals surface area contributed by atoms with Crippen molar-refractivity contribution in [2.75, 3.05) is 5.75 Å². The molecule has 0 aliphatic rings. The molecule has 1 rings (SSSR count). The maximum Gasteiger partial charge on any atom is 0.321 e. The zero-order chi connectivity index (χ0) is 12.1. The summed E-state index contributed by atoms with van der Waals surface area (Å²) in [4.78, 5) is 10.5. The number of rotatable bonds is 5. The topological polar surface area (TPSA) is 80.4 Å². The normalized spacial score (nSPS) is 14.4. The van der Waals surface area contributed by atoms with Crippen LogP contribution in [-0.4, -0.2) is 27.1 Å². The van der Waals surface area contributed by atoms with Gasteiger partial charge in [0.1, 0.15) is 6.04 Å². The van der Waals surface area contributed by atoms with Crippen LogP contribution in [0.15, 0.2) is 24.3 Å². The van der Waals surface area contributed by atoms with Crippen LogP contribution in [0.3, 0.4) is 0 Å². The molecule has 1 aromatic carbocycles. The molecule has 1 aromatic rings. The van der Waals surface area contributed by atoms with E-state index in [0.29, 0.717) is 5.02 Å². The number of carbonyl (C=O) groups is 1. The second kappa shape index (κ2) is 5.98. The summed E-state index contributed by atoms with van der Waals surface area (Å²) in [6, 6.07) is 5.84. The minimum atomic E-state index is -1.28. The molecule has 16 heavy (non-hydrogen) atoms. The van der Waals surface area contributed by atoms with E-state index in [0.717, 1.165) is 5.56 Å². The zero-order valence-corrected chi connectivity index (χ0v) is 10.0. The zero-order valence-electron chi connectivity index (χ0n) is 8.43. The van der Waals surface area contributed by atoms with Crippen molar-refractivity contribution in [2.24, 2.45) is 5.73 Å². The van der Waals surface area contributed by atoms with Crippen molar-refractivity contribution in [1.29, 1.82) is 0 Å². The van der Waals surface area contributed by atoms with Crippen LogP contribution >= 0.6 is 11.6 Å². The average Bonchev–Trinajstić information content (AvgIpc) is 2.21. The van der Waals surface area contributed by atoms with Crippen LogP contribution in [-0.2, 0) is 21.3 Å². The lowest BCUT2D eigenvalue weighted by Gasteiger charge is -2.06. The van der Waals surface area contributed by atoms with Crippen molar-refractivity contribution in [3.63, 3.8) is 0 Å². The standard InChI is InChI=1S/C10H12ClNO3S/c11-8-3-1-7(2-4-8)5-16(15)6-9(12)10(13)14/h1-4,9H,5-6,12H2,(H,13,14). The number of benzene rings is 1. The van der Waals surface area contributed by atoms with Gasteiger partial charge >= 0.3 is 5.97 Å². The molecule has 0 fully saturated rings. The third-order valence-corrected chi connectivity index (χ3v) is 3.56. The first-order valence-corrected chi connectivity index (χ1v) is 6.43. The first-order valence-electron chi connectivity index (χ1n) is 4.57. The smallest absolute Gasteiger partial charge is 0.321 e. The molecule has 4 nitrogen and oxygen atoms in total. The summed E-state index contributed by atoms with van der Waals surface area (Å²) >= 11 is 5.70. The number of carboxylic acid groups (broad SMARTS) is 1. The number of halogens is 1. The van der Waals surface area contributed by atoms with Gasteiger partial charge in [-0.05, 0) is 17.7 Å². The van der Waals surface area contributed by atoms with E-state index in [9.17, 15) is 9.00 Å². The van der Waals surface area contributed by atoms with E-state index in [2.05, 4.69) is 0 Å². The van der Waals surface area contributed by atoms with E-state index >= 15 is 0 Å². The summed E-state index contributed by atoms with van der Waals surface area (Å²) in [7, 11) is -1.28. The SMILES string of the molecule is NC(CS(=O)Cc1ccc(Cl)cc1)C(=O)O.